The summed E-state index contributed by atoms with van der Waals surface area (Å²) in [7, 11) is 0. The maximum atomic E-state index is 12.2. The molecule has 1 aliphatic rings. The van der Waals surface area contributed by atoms with Gasteiger partial charge in [0.15, 0.2) is 13.1 Å². The summed E-state index contributed by atoms with van der Waals surface area (Å²) in [6.45, 7) is 6.15. The molecule has 2 heterocycles. The Morgan fingerprint density at radius 1 is 1.14 bits per heavy atom. The van der Waals surface area contributed by atoms with E-state index in [0.717, 1.165) is 43.2 Å². The third kappa shape index (κ3) is 6.20. The standard InChI is InChI=1S/C17H20F3N5O3/c1-12-22-23-16(27-12)11-25-8-6-24(7-9-25)10-15(26)21-13-2-4-14(5-3-13)28-17(18,19)20/h2-5H,6-11H2,1H3,(H,21,26)/p+2. The first-order valence-corrected chi connectivity index (χ1v) is 8.88. The first-order chi connectivity index (χ1) is 13.3. The molecule has 1 aromatic carbocycles. The molecule has 1 saturated heterocycles. The van der Waals surface area contributed by atoms with E-state index in [-0.39, 0.29) is 11.7 Å². The number of aryl methyl sites for hydroxylation is 1. The molecule has 28 heavy (non-hydrogen) atoms. The van der Waals surface area contributed by atoms with E-state index < -0.39 is 6.36 Å². The summed E-state index contributed by atoms with van der Waals surface area (Å²) in [5.41, 5.74) is 0.426. The molecular formula is C17H22F3N5O3+2. The number of rotatable bonds is 6. The van der Waals surface area contributed by atoms with Gasteiger partial charge in [-0.25, -0.2) is 0 Å². The first kappa shape index (κ1) is 20.1. The molecule has 0 aliphatic carbocycles. The first-order valence-electron chi connectivity index (χ1n) is 8.88. The summed E-state index contributed by atoms with van der Waals surface area (Å²) >= 11 is 0. The Kier molecular flexibility index (Phi) is 6.15. The number of anilines is 1. The van der Waals surface area contributed by atoms with Gasteiger partial charge in [-0.15, -0.1) is 23.4 Å². The number of aromatic nitrogens is 2. The molecule has 0 saturated carbocycles. The average molecular weight is 401 g/mol. The van der Waals surface area contributed by atoms with Crippen molar-refractivity contribution in [1.29, 1.82) is 0 Å². The zero-order valence-corrected chi connectivity index (χ0v) is 15.3. The second-order valence-electron chi connectivity index (χ2n) is 6.69. The molecule has 8 nitrogen and oxygen atoms in total. The highest BCUT2D eigenvalue weighted by Gasteiger charge is 2.31. The predicted molar refractivity (Wildman–Crippen MR) is 90.8 cm³/mol. The molecule has 0 atom stereocenters. The largest absolute Gasteiger partial charge is 0.573 e. The van der Waals surface area contributed by atoms with Crippen LogP contribution in [0.5, 0.6) is 5.75 Å². The molecular weight excluding hydrogens is 379 g/mol. The van der Waals surface area contributed by atoms with Crippen molar-refractivity contribution >= 4 is 11.6 Å². The lowest BCUT2D eigenvalue weighted by atomic mass is 10.3. The Morgan fingerprint density at radius 3 is 2.36 bits per heavy atom. The van der Waals surface area contributed by atoms with Gasteiger partial charge < -0.3 is 24.3 Å². The minimum absolute atomic E-state index is 0.185. The second-order valence-corrected chi connectivity index (χ2v) is 6.69. The van der Waals surface area contributed by atoms with Crippen LogP contribution in [0.1, 0.15) is 11.8 Å². The number of halogens is 3. The SMILES string of the molecule is Cc1nnc(C[NH+]2CC[NH+](CC(=O)Nc3ccc(OC(F)(F)F)cc3)CC2)o1. The molecule has 3 rings (SSSR count). The highest BCUT2D eigenvalue weighted by atomic mass is 19.4. The molecule has 1 fully saturated rings. The van der Waals surface area contributed by atoms with E-state index in [0.29, 0.717) is 30.6 Å². The van der Waals surface area contributed by atoms with Gasteiger partial charge >= 0.3 is 6.36 Å². The fraction of sp³-hybridized carbons (Fsp3) is 0.471. The van der Waals surface area contributed by atoms with Crippen molar-refractivity contribution in [3.63, 3.8) is 0 Å². The van der Waals surface area contributed by atoms with Gasteiger partial charge in [0.1, 0.15) is 31.9 Å². The molecule has 1 aliphatic heterocycles. The Morgan fingerprint density at radius 2 is 1.79 bits per heavy atom. The van der Waals surface area contributed by atoms with E-state index in [2.05, 4.69) is 20.3 Å². The summed E-state index contributed by atoms with van der Waals surface area (Å²) in [4.78, 5) is 14.7. The zero-order valence-electron chi connectivity index (χ0n) is 15.3. The topological polar surface area (TPSA) is 86.1 Å². The number of quaternary nitrogens is 2. The van der Waals surface area contributed by atoms with Gasteiger partial charge in [0.2, 0.25) is 5.89 Å². The molecule has 3 N–H and O–H groups in total. The third-order valence-corrected chi connectivity index (χ3v) is 4.42. The number of alkyl halides is 3. The second kappa shape index (κ2) is 8.57. The van der Waals surface area contributed by atoms with Crippen LogP contribution in [0.4, 0.5) is 18.9 Å². The van der Waals surface area contributed by atoms with Crippen LogP contribution in [-0.4, -0.2) is 55.2 Å². The molecule has 0 spiro atoms. The molecule has 0 bridgehead atoms. The van der Waals surface area contributed by atoms with Gasteiger partial charge in [-0.3, -0.25) is 4.79 Å². The normalized spacial score (nSPS) is 20.0. The molecule has 0 radical (unpaired) electrons. The maximum Gasteiger partial charge on any atom is 0.573 e. The maximum absolute atomic E-state index is 12.2. The number of nitrogens with one attached hydrogen (secondary N) is 3. The Hall–Kier alpha value is -2.66. The number of carbonyl (C=O) groups is 1. The molecule has 1 amide bonds. The zero-order chi connectivity index (χ0) is 20.1. The average Bonchev–Trinajstić information content (AvgIpc) is 3.02. The van der Waals surface area contributed by atoms with Crippen LogP contribution in [0.2, 0.25) is 0 Å². The van der Waals surface area contributed by atoms with E-state index in [4.69, 9.17) is 4.42 Å². The minimum atomic E-state index is -4.74. The summed E-state index contributed by atoms with van der Waals surface area (Å²) in [6, 6.07) is 5.08. The molecule has 2 aromatic rings. The summed E-state index contributed by atoms with van der Waals surface area (Å²) in [6.07, 6.45) is -4.74. The van der Waals surface area contributed by atoms with E-state index >= 15 is 0 Å². The number of nitrogens with zero attached hydrogens (tertiary/aromatic N) is 2. The van der Waals surface area contributed by atoms with Crippen molar-refractivity contribution in [2.75, 3.05) is 38.0 Å². The van der Waals surface area contributed by atoms with Crippen LogP contribution in [0.3, 0.4) is 0 Å². The van der Waals surface area contributed by atoms with Crippen LogP contribution in [0.25, 0.3) is 0 Å². The number of hydrogen-bond donors (Lipinski definition) is 3. The molecule has 152 valence electrons. The molecule has 0 unspecified atom stereocenters. The summed E-state index contributed by atoms with van der Waals surface area (Å²) < 4.78 is 45.7. The van der Waals surface area contributed by atoms with Crippen LogP contribution >= 0.6 is 0 Å². The monoisotopic (exact) mass is 401 g/mol. The lowest BCUT2D eigenvalue weighted by Crippen LogP contribution is -3.28. The predicted octanol–water partition coefficient (Wildman–Crippen LogP) is -0.801. The number of carbonyl (C=O) groups excluding carboxylic acids is 1. The fourth-order valence-corrected chi connectivity index (χ4v) is 3.11. The van der Waals surface area contributed by atoms with Crippen molar-refractivity contribution in [3.05, 3.63) is 36.0 Å². The van der Waals surface area contributed by atoms with Gasteiger partial charge in [0.05, 0.1) is 0 Å². The van der Waals surface area contributed by atoms with Crippen molar-refractivity contribution in [2.45, 2.75) is 19.8 Å². The van der Waals surface area contributed by atoms with Crippen molar-refractivity contribution < 1.29 is 36.9 Å². The number of benzene rings is 1. The van der Waals surface area contributed by atoms with Crippen molar-refractivity contribution in [3.8, 4) is 5.75 Å². The number of amides is 1. The molecule has 1 aromatic heterocycles. The summed E-state index contributed by atoms with van der Waals surface area (Å²) in [5, 5.41) is 10.5. The highest BCUT2D eigenvalue weighted by molar-refractivity contribution is 5.91. The van der Waals surface area contributed by atoms with E-state index in [1.54, 1.807) is 6.92 Å². The Labute approximate surface area is 159 Å². The van der Waals surface area contributed by atoms with E-state index in [1.807, 2.05) is 0 Å². The lowest BCUT2D eigenvalue weighted by Gasteiger charge is -2.28. The highest BCUT2D eigenvalue weighted by Crippen LogP contribution is 2.23. The van der Waals surface area contributed by atoms with Crippen LogP contribution in [0.15, 0.2) is 28.7 Å². The van der Waals surface area contributed by atoms with Gasteiger partial charge in [0, 0.05) is 12.6 Å². The smallest absolute Gasteiger partial charge is 0.420 e. The number of hydrogen-bond acceptors (Lipinski definition) is 5. The Balaban J connectivity index is 1.40. The van der Waals surface area contributed by atoms with Crippen LogP contribution < -0.4 is 19.9 Å². The van der Waals surface area contributed by atoms with Crippen molar-refractivity contribution in [2.24, 2.45) is 0 Å². The summed E-state index contributed by atoms with van der Waals surface area (Å²) in [5.74, 6) is 0.655. The fourth-order valence-electron chi connectivity index (χ4n) is 3.11. The molecule has 11 heteroatoms. The quantitative estimate of drug-likeness (QED) is 0.590. The van der Waals surface area contributed by atoms with Crippen molar-refractivity contribution in [1.82, 2.24) is 10.2 Å². The third-order valence-electron chi connectivity index (χ3n) is 4.42. The lowest BCUT2D eigenvalue weighted by molar-refractivity contribution is -1.02. The van der Waals surface area contributed by atoms with E-state index in [9.17, 15) is 18.0 Å². The van der Waals surface area contributed by atoms with Gasteiger partial charge in [0.25, 0.3) is 11.8 Å². The van der Waals surface area contributed by atoms with Crippen LogP contribution in [-0.2, 0) is 11.3 Å². The van der Waals surface area contributed by atoms with Gasteiger partial charge in [-0.2, -0.15) is 0 Å². The number of ether oxygens (including phenoxy) is 1. The number of piperazine rings is 1. The minimum Gasteiger partial charge on any atom is -0.420 e. The van der Waals surface area contributed by atoms with Gasteiger partial charge in [-0.05, 0) is 24.3 Å². The van der Waals surface area contributed by atoms with Crippen LogP contribution in [0, 0.1) is 6.92 Å². The Bertz CT molecular complexity index is 786. The van der Waals surface area contributed by atoms with E-state index in [1.165, 1.54) is 17.0 Å². The van der Waals surface area contributed by atoms with Gasteiger partial charge in [-0.1, -0.05) is 0 Å².